The molecule has 0 amide bonds. The van der Waals surface area contributed by atoms with Crippen LogP contribution in [0.3, 0.4) is 0 Å². The lowest BCUT2D eigenvalue weighted by molar-refractivity contribution is -0.108. The van der Waals surface area contributed by atoms with E-state index < -0.39 is 0 Å². The number of benzene rings is 1. The molecule has 0 aliphatic carbocycles. The van der Waals surface area contributed by atoms with Gasteiger partial charge in [0.1, 0.15) is 6.29 Å². The van der Waals surface area contributed by atoms with Gasteiger partial charge >= 0.3 is 0 Å². The van der Waals surface area contributed by atoms with Gasteiger partial charge in [0.25, 0.3) is 0 Å². The van der Waals surface area contributed by atoms with Gasteiger partial charge in [0.15, 0.2) is 0 Å². The number of rotatable bonds is 3. The molecule has 1 unspecified atom stereocenters. The maximum Gasteiger partial charge on any atom is 0.127 e. The molecule has 1 aromatic carbocycles. The molecule has 0 spiro atoms. The standard InChI is InChI=1S/C10H13NO/c1-8(7-12)9-5-3-4-6-10(9)11-2/h3-8,11H,1-2H3. The number of aldehydes is 1. The highest BCUT2D eigenvalue weighted by Gasteiger charge is 2.06. The van der Waals surface area contributed by atoms with Crippen molar-refractivity contribution in [1.82, 2.24) is 0 Å². The van der Waals surface area contributed by atoms with E-state index in [4.69, 9.17) is 0 Å². The minimum atomic E-state index is -0.0337. The molecule has 1 rings (SSSR count). The molecule has 0 aliphatic rings. The van der Waals surface area contributed by atoms with E-state index >= 15 is 0 Å². The van der Waals surface area contributed by atoms with Crippen molar-refractivity contribution in [2.75, 3.05) is 12.4 Å². The SMILES string of the molecule is CNc1ccccc1C(C)C=O. The van der Waals surface area contributed by atoms with Gasteiger partial charge in [-0.25, -0.2) is 0 Å². The molecular weight excluding hydrogens is 150 g/mol. The minimum absolute atomic E-state index is 0.0337. The first-order valence-electron chi connectivity index (χ1n) is 4.01. The Bertz CT molecular complexity index is 270. The Kier molecular flexibility index (Phi) is 2.86. The van der Waals surface area contributed by atoms with Gasteiger partial charge in [0, 0.05) is 18.7 Å². The fourth-order valence-corrected chi connectivity index (χ4v) is 1.20. The van der Waals surface area contributed by atoms with Crippen molar-refractivity contribution < 1.29 is 4.79 Å². The summed E-state index contributed by atoms with van der Waals surface area (Å²) in [6.45, 7) is 1.89. The molecule has 1 atom stereocenters. The Labute approximate surface area is 72.6 Å². The Hall–Kier alpha value is -1.31. The summed E-state index contributed by atoms with van der Waals surface area (Å²) >= 11 is 0. The smallest absolute Gasteiger partial charge is 0.127 e. The van der Waals surface area contributed by atoms with Crippen LogP contribution in [0.25, 0.3) is 0 Å². The maximum absolute atomic E-state index is 10.5. The van der Waals surface area contributed by atoms with E-state index in [0.717, 1.165) is 17.5 Å². The zero-order chi connectivity index (χ0) is 8.97. The van der Waals surface area contributed by atoms with Crippen LogP contribution in [0, 0.1) is 0 Å². The third-order valence-corrected chi connectivity index (χ3v) is 1.92. The van der Waals surface area contributed by atoms with Crippen molar-refractivity contribution in [3.8, 4) is 0 Å². The van der Waals surface area contributed by atoms with Crippen LogP contribution >= 0.6 is 0 Å². The van der Waals surface area contributed by atoms with E-state index in [9.17, 15) is 4.79 Å². The predicted molar refractivity (Wildman–Crippen MR) is 50.5 cm³/mol. The second kappa shape index (κ2) is 3.90. The van der Waals surface area contributed by atoms with Crippen molar-refractivity contribution >= 4 is 12.0 Å². The van der Waals surface area contributed by atoms with Crippen LogP contribution in [-0.2, 0) is 4.79 Å². The zero-order valence-corrected chi connectivity index (χ0v) is 7.37. The van der Waals surface area contributed by atoms with E-state index in [1.807, 2.05) is 38.2 Å². The summed E-state index contributed by atoms with van der Waals surface area (Å²) < 4.78 is 0. The first kappa shape index (κ1) is 8.78. The number of carbonyl (C=O) groups is 1. The topological polar surface area (TPSA) is 29.1 Å². The molecule has 2 heteroatoms. The van der Waals surface area contributed by atoms with Crippen LogP contribution in [0.1, 0.15) is 18.4 Å². The summed E-state index contributed by atoms with van der Waals surface area (Å²) in [4.78, 5) is 10.5. The van der Waals surface area contributed by atoms with Crippen LogP contribution < -0.4 is 5.32 Å². The van der Waals surface area contributed by atoms with E-state index in [1.54, 1.807) is 0 Å². The highest BCUT2D eigenvalue weighted by molar-refractivity contribution is 5.67. The van der Waals surface area contributed by atoms with Gasteiger partial charge < -0.3 is 10.1 Å². The van der Waals surface area contributed by atoms with E-state index in [1.165, 1.54) is 0 Å². The average molecular weight is 163 g/mol. The van der Waals surface area contributed by atoms with Gasteiger partial charge in [0.05, 0.1) is 0 Å². The van der Waals surface area contributed by atoms with Gasteiger partial charge in [-0.05, 0) is 11.6 Å². The Balaban J connectivity index is 3.04. The lowest BCUT2D eigenvalue weighted by Crippen LogP contribution is -2.00. The number of hydrogen-bond acceptors (Lipinski definition) is 2. The second-order valence-electron chi connectivity index (χ2n) is 2.76. The molecule has 64 valence electrons. The molecule has 1 N–H and O–H groups in total. The van der Waals surface area contributed by atoms with Gasteiger partial charge in [0.2, 0.25) is 0 Å². The lowest BCUT2D eigenvalue weighted by Gasteiger charge is -2.10. The van der Waals surface area contributed by atoms with Gasteiger partial charge in [-0.3, -0.25) is 0 Å². The fraction of sp³-hybridized carbons (Fsp3) is 0.300. The van der Waals surface area contributed by atoms with Crippen molar-refractivity contribution in [3.05, 3.63) is 29.8 Å². The summed E-state index contributed by atoms with van der Waals surface area (Å²) in [5.74, 6) is -0.0337. The number of anilines is 1. The van der Waals surface area contributed by atoms with Gasteiger partial charge in [-0.2, -0.15) is 0 Å². The van der Waals surface area contributed by atoms with E-state index in [0.29, 0.717) is 0 Å². The monoisotopic (exact) mass is 163 g/mol. The molecule has 0 saturated heterocycles. The number of para-hydroxylation sites is 1. The predicted octanol–water partition coefficient (Wildman–Crippen LogP) is 2.03. The van der Waals surface area contributed by atoms with Crippen LogP contribution in [0.5, 0.6) is 0 Å². The van der Waals surface area contributed by atoms with Crippen LogP contribution in [0.2, 0.25) is 0 Å². The first-order chi connectivity index (χ1) is 5.79. The molecule has 1 aromatic rings. The van der Waals surface area contributed by atoms with Crippen molar-refractivity contribution in [2.24, 2.45) is 0 Å². The molecule has 0 saturated carbocycles. The Morgan fingerprint density at radius 2 is 2.08 bits per heavy atom. The van der Waals surface area contributed by atoms with Crippen molar-refractivity contribution in [3.63, 3.8) is 0 Å². The largest absolute Gasteiger partial charge is 0.388 e. The quantitative estimate of drug-likeness (QED) is 0.691. The number of nitrogens with one attached hydrogen (secondary N) is 1. The summed E-state index contributed by atoms with van der Waals surface area (Å²) in [5, 5.41) is 3.05. The number of hydrogen-bond donors (Lipinski definition) is 1. The third kappa shape index (κ3) is 1.64. The lowest BCUT2D eigenvalue weighted by atomic mass is 10.0. The maximum atomic E-state index is 10.5. The minimum Gasteiger partial charge on any atom is -0.388 e. The fourth-order valence-electron chi connectivity index (χ4n) is 1.20. The van der Waals surface area contributed by atoms with Crippen LogP contribution in [0.4, 0.5) is 5.69 Å². The Morgan fingerprint density at radius 1 is 1.42 bits per heavy atom. The van der Waals surface area contributed by atoms with Crippen molar-refractivity contribution in [2.45, 2.75) is 12.8 Å². The highest BCUT2D eigenvalue weighted by Crippen LogP contribution is 2.21. The first-order valence-corrected chi connectivity index (χ1v) is 4.01. The van der Waals surface area contributed by atoms with Crippen LogP contribution in [-0.4, -0.2) is 13.3 Å². The van der Waals surface area contributed by atoms with E-state index in [-0.39, 0.29) is 5.92 Å². The van der Waals surface area contributed by atoms with E-state index in [2.05, 4.69) is 5.32 Å². The number of carbonyl (C=O) groups excluding carboxylic acids is 1. The second-order valence-corrected chi connectivity index (χ2v) is 2.76. The van der Waals surface area contributed by atoms with Crippen molar-refractivity contribution in [1.29, 1.82) is 0 Å². The zero-order valence-electron chi connectivity index (χ0n) is 7.37. The molecule has 0 fully saturated rings. The molecule has 0 heterocycles. The summed E-state index contributed by atoms with van der Waals surface area (Å²) in [5.41, 5.74) is 2.08. The molecule has 0 bridgehead atoms. The molecule has 0 aliphatic heterocycles. The summed E-state index contributed by atoms with van der Waals surface area (Å²) in [6.07, 6.45) is 0.955. The summed E-state index contributed by atoms with van der Waals surface area (Å²) in [7, 11) is 1.86. The molecular formula is C10H13NO. The average Bonchev–Trinajstić information content (AvgIpc) is 2.16. The molecule has 0 aromatic heterocycles. The molecule has 12 heavy (non-hydrogen) atoms. The Morgan fingerprint density at radius 3 is 2.67 bits per heavy atom. The normalized spacial score (nSPS) is 12.2. The third-order valence-electron chi connectivity index (χ3n) is 1.92. The molecule has 0 radical (unpaired) electrons. The summed E-state index contributed by atoms with van der Waals surface area (Å²) in [6, 6.07) is 7.82. The highest BCUT2D eigenvalue weighted by atomic mass is 16.1. The van der Waals surface area contributed by atoms with Crippen LogP contribution in [0.15, 0.2) is 24.3 Å². The van der Waals surface area contributed by atoms with Gasteiger partial charge in [-0.1, -0.05) is 25.1 Å². The molecule has 2 nitrogen and oxygen atoms in total. The van der Waals surface area contributed by atoms with Gasteiger partial charge in [-0.15, -0.1) is 0 Å².